The third-order valence-electron chi connectivity index (χ3n) is 4.71. The van der Waals surface area contributed by atoms with Crippen molar-refractivity contribution in [1.82, 2.24) is 9.88 Å². The minimum atomic E-state index is -0.221. The Morgan fingerprint density at radius 1 is 1.24 bits per heavy atom. The van der Waals surface area contributed by atoms with Crippen molar-refractivity contribution in [3.63, 3.8) is 0 Å². The molecule has 0 atom stereocenters. The van der Waals surface area contributed by atoms with E-state index in [0.29, 0.717) is 18.2 Å². The zero-order chi connectivity index (χ0) is 17.6. The summed E-state index contributed by atoms with van der Waals surface area (Å²) >= 11 is 0. The average Bonchev–Trinajstić information content (AvgIpc) is 2.64. The van der Waals surface area contributed by atoms with Crippen LogP contribution in [0.25, 0.3) is 0 Å². The Morgan fingerprint density at radius 3 is 2.68 bits per heavy atom. The number of rotatable bonds is 5. The molecule has 0 aliphatic carbocycles. The molecule has 1 aliphatic rings. The molecule has 3 rings (SSSR count). The van der Waals surface area contributed by atoms with Crippen LogP contribution in [0.5, 0.6) is 0 Å². The quantitative estimate of drug-likeness (QED) is 0.901. The molecule has 1 fully saturated rings. The van der Waals surface area contributed by atoms with E-state index in [1.54, 1.807) is 18.3 Å². The number of benzene rings is 1. The molecule has 2 heterocycles. The highest BCUT2D eigenvalue weighted by Crippen LogP contribution is 2.18. The summed E-state index contributed by atoms with van der Waals surface area (Å²) in [6.45, 7) is 4.56. The fraction of sp³-hybridized carbons (Fsp3) is 0.400. The van der Waals surface area contributed by atoms with Gasteiger partial charge in [-0.15, -0.1) is 0 Å². The predicted octanol–water partition coefficient (Wildman–Crippen LogP) is 3.75. The van der Waals surface area contributed by atoms with Gasteiger partial charge in [-0.2, -0.15) is 0 Å². The highest BCUT2D eigenvalue weighted by molar-refractivity contribution is 5.93. The van der Waals surface area contributed by atoms with Gasteiger partial charge in [-0.3, -0.25) is 9.78 Å². The second-order valence-electron chi connectivity index (χ2n) is 6.71. The lowest BCUT2D eigenvalue weighted by Gasteiger charge is -2.30. The number of piperidine rings is 1. The molecule has 0 spiro atoms. The Hall–Kier alpha value is -2.43. The SMILES string of the molecule is CC1CCN(C(=O)c2cc(NCCc3ccc(F)cc3)ccn2)CC1. The molecule has 0 radical (unpaired) electrons. The lowest BCUT2D eigenvalue weighted by Crippen LogP contribution is -2.38. The molecule has 1 aromatic carbocycles. The van der Waals surface area contributed by atoms with E-state index in [9.17, 15) is 9.18 Å². The largest absolute Gasteiger partial charge is 0.385 e. The van der Waals surface area contributed by atoms with Gasteiger partial charge in [0, 0.05) is 31.5 Å². The van der Waals surface area contributed by atoms with Gasteiger partial charge < -0.3 is 10.2 Å². The molecule has 1 amide bonds. The smallest absolute Gasteiger partial charge is 0.272 e. The molecule has 0 bridgehead atoms. The molecule has 1 aliphatic heterocycles. The molecule has 2 aromatic rings. The van der Waals surface area contributed by atoms with Gasteiger partial charge >= 0.3 is 0 Å². The lowest BCUT2D eigenvalue weighted by atomic mass is 9.99. The maximum Gasteiger partial charge on any atom is 0.272 e. The first-order valence-corrected chi connectivity index (χ1v) is 8.85. The Kier molecular flexibility index (Phi) is 5.64. The Morgan fingerprint density at radius 2 is 1.96 bits per heavy atom. The number of halogens is 1. The summed E-state index contributed by atoms with van der Waals surface area (Å²) in [5.74, 6) is 0.478. The Balaban J connectivity index is 1.55. The summed E-state index contributed by atoms with van der Waals surface area (Å²) in [6.07, 6.45) is 4.57. The number of aromatic nitrogens is 1. The first-order valence-electron chi connectivity index (χ1n) is 8.85. The number of likely N-dealkylation sites (tertiary alicyclic amines) is 1. The van der Waals surface area contributed by atoms with E-state index in [-0.39, 0.29) is 11.7 Å². The number of carbonyl (C=O) groups is 1. The normalized spacial score (nSPS) is 15.2. The molecule has 25 heavy (non-hydrogen) atoms. The van der Waals surface area contributed by atoms with Crippen molar-refractivity contribution < 1.29 is 9.18 Å². The zero-order valence-corrected chi connectivity index (χ0v) is 14.5. The fourth-order valence-electron chi connectivity index (χ4n) is 3.03. The molecular weight excluding hydrogens is 317 g/mol. The number of hydrogen-bond donors (Lipinski definition) is 1. The minimum Gasteiger partial charge on any atom is -0.385 e. The molecule has 132 valence electrons. The van der Waals surface area contributed by atoms with Crippen LogP contribution in [0.3, 0.4) is 0 Å². The Bertz CT molecular complexity index is 709. The van der Waals surface area contributed by atoms with Crippen molar-refractivity contribution in [1.29, 1.82) is 0 Å². The number of hydrogen-bond acceptors (Lipinski definition) is 3. The van der Waals surface area contributed by atoms with Gasteiger partial charge in [0.15, 0.2) is 0 Å². The third-order valence-corrected chi connectivity index (χ3v) is 4.71. The standard InChI is InChI=1S/C20H24FN3O/c1-15-8-12-24(13-9-15)20(25)19-14-18(7-11-23-19)22-10-6-16-2-4-17(21)5-3-16/h2-5,7,11,14-15H,6,8-10,12-13H2,1H3,(H,22,23). The number of carbonyl (C=O) groups excluding carboxylic acids is 1. The number of nitrogens with one attached hydrogen (secondary N) is 1. The van der Waals surface area contributed by atoms with Gasteiger partial charge in [0.25, 0.3) is 5.91 Å². The highest BCUT2D eigenvalue weighted by atomic mass is 19.1. The first-order chi connectivity index (χ1) is 12.1. The third kappa shape index (κ3) is 4.78. The van der Waals surface area contributed by atoms with Crippen LogP contribution in [0.4, 0.5) is 10.1 Å². The summed E-state index contributed by atoms with van der Waals surface area (Å²) in [5, 5.41) is 3.31. The van der Waals surface area contributed by atoms with E-state index in [2.05, 4.69) is 17.2 Å². The first kappa shape index (κ1) is 17.4. The average molecular weight is 341 g/mol. The monoisotopic (exact) mass is 341 g/mol. The summed E-state index contributed by atoms with van der Waals surface area (Å²) in [5.41, 5.74) is 2.44. The molecule has 5 heteroatoms. The van der Waals surface area contributed by atoms with Crippen LogP contribution in [-0.4, -0.2) is 35.4 Å². The molecule has 0 saturated carbocycles. The lowest BCUT2D eigenvalue weighted by molar-refractivity contribution is 0.0691. The van der Waals surface area contributed by atoms with E-state index < -0.39 is 0 Å². The second-order valence-corrected chi connectivity index (χ2v) is 6.71. The second kappa shape index (κ2) is 8.10. The van der Waals surface area contributed by atoms with Gasteiger partial charge in [0.2, 0.25) is 0 Å². The van der Waals surface area contributed by atoms with Crippen molar-refractivity contribution in [2.45, 2.75) is 26.2 Å². The molecule has 1 saturated heterocycles. The Labute approximate surface area is 148 Å². The fourth-order valence-corrected chi connectivity index (χ4v) is 3.03. The van der Waals surface area contributed by atoms with Crippen LogP contribution < -0.4 is 5.32 Å². The minimum absolute atomic E-state index is 0.00841. The van der Waals surface area contributed by atoms with Crippen LogP contribution in [-0.2, 0) is 6.42 Å². The predicted molar refractivity (Wildman–Crippen MR) is 97.1 cm³/mol. The van der Waals surface area contributed by atoms with Crippen molar-refractivity contribution in [3.05, 3.63) is 59.7 Å². The van der Waals surface area contributed by atoms with E-state index in [0.717, 1.165) is 43.6 Å². The van der Waals surface area contributed by atoms with Gasteiger partial charge in [-0.25, -0.2) is 4.39 Å². The molecule has 0 unspecified atom stereocenters. The molecule has 1 aromatic heterocycles. The number of anilines is 1. The van der Waals surface area contributed by atoms with Crippen molar-refractivity contribution >= 4 is 11.6 Å². The number of nitrogens with zero attached hydrogens (tertiary/aromatic N) is 2. The summed E-state index contributed by atoms with van der Waals surface area (Å²) < 4.78 is 12.9. The zero-order valence-electron chi connectivity index (χ0n) is 14.5. The van der Waals surface area contributed by atoms with Crippen LogP contribution in [0.15, 0.2) is 42.6 Å². The van der Waals surface area contributed by atoms with Crippen molar-refractivity contribution in [2.24, 2.45) is 5.92 Å². The van der Waals surface area contributed by atoms with Crippen LogP contribution in [0, 0.1) is 11.7 Å². The van der Waals surface area contributed by atoms with Crippen LogP contribution in [0.2, 0.25) is 0 Å². The summed E-state index contributed by atoms with van der Waals surface area (Å²) in [7, 11) is 0. The molecule has 1 N–H and O–H groups in total. The van der Waals surface area contributed by atoms with E-state index in [1.807, 2.05) is 17.0 Å². The van der Waals surface area contributed by atoms with Crippen LogP contribution in [0.1, 0.15) is 35.8 Å². The maximum atomic E-state index is 12.9. The molecular formula is C20H24FN3O. The van der Waals surface area contributed by atoms with Gasteiger partial charge in [0.1, 0.15) is 11.5 Å². The van der Waals surface area contributed by atoms with Gasteiger partial charge in [-0.1, -0.05) is 19.1 Å². The van der Waals surface area contributed by atoms with Gasteiger partial charge in [-0.05, 0) is 55.0 Å². The van der Waals surface area contributed by atoms with Crippen LogP contribution >= 0.6 is 0 Å². The number of amides is 1. The van der Waals surface area contributed by atoms with Crippen molar-refractivity contribution in [2.75, 3.05) is 25.0 Å². The maximum absolute atomic E-state index is 12.9. The summed E-state index contributed by atoms with van der Waals surface area (Å²) in [6, 6.07) is 10.2. The highest BCUT2D eigenvalue weighted by Gasteiger charge is 2.22. The van der Waals surface area contributed by atoms with E-state index >= 15 is 0 Å². The number of pyridine rings is 1. The van der Waals surface area contributed by atoms with E-state index in [1.165, 1.54) is 12.1 Å². The molecule has 4 nitrogen and oxygen atoms in total. The topological polar surface area (TPSA) is 45.2 Å². The van der Waals surface area contributed by atoms with Crippen molar-refractivity contribution in [3.8, 4) is 0 Å². The summed E-state index contributed by atoms with van der Waals surface area (Å²) in [4.78, 5) is 18.7. The van der Waals surface area contributed by atoms with Gasteiger partial charge in [0.05, 0.1) is 0 Å². The van der Waals surface area contributed by atoms with E-state index in [4.69, 9.17) is 0 Å².